The van der Waals surface area contributed by atoms with Crippen LogP contribution in [-0.2, 0) is 32.2 Å². The Morgan fingerprint density at radius 2 is 1.55 bits per heavy atom. The molecule has 0 bridgehead atoms. The number of nitrogens with zero attached hydrogens (tertiary/aromatic N) is 1. The second kappa shape index (κ2) is 11.1. The normalized spacial score (nSPS) is 12.0. The number of ether oxygens (including phenoxy) is 3. The molecule has 0 spiro atoms. The Kier molecular flexibility index (Phi) is 8.51. The number of nitro benzene ring substituents is 1. The van der Waals surface area contributed by atoms with Gasteiger partial charge < -0.3 is 19.5 Å². The highest BCUT2D eigenvalue weighted by atomic mass is 16.6. The van der Waals surface area contributed by atoms with Crippen LogP contribution in [0.5, 0.6) is 0 Å². The van der Waals surface area contributed by atoms with Crippen LogP contribution in [-0.4, -0.2) is 35.2 Å². The average molecular weight is 430 g/mol. The molecule has 2 aromatic rings. The van der Waals surface area contributed by atoms with Crippen molar-refractivity contribution in [1.82, 2.24) is 5.32 Å². The Morgan fingerprint density at radius 3 is 2.13 bits per heavy atom. The van der Waals surface area contributed by atoms with E-state index in [0.29, 0.717) is 5.56 Å². The first-order valence-electron chi connectivity index (χ1n) is 9.65. The SMILES string of the molecule is CC(C)(C)OCC(NC(=O)OCc1ccccc1)C(=O)OCc1ccc([N+](=O)[O-])cc1. The molecule has 0 aliphatic rings. The van der Waals surface area contributed by atoms with Crippen molar-refractivity contribution >= 4 is 17.7 Å². The number of alkyl carbamates (subject to hydrolysis) is 1. The van der Waals surface area contributed by atoms with E-state index in [9.17, 15) is 19.7 Å². The fourth-order valence-electron chi connectivity index (χ4n) is 2.38. The van der Waals surface area contributed by atoms with E-state index in [2.05, 4.69) is 5.32 Å². The van der Waals surface area contributed by atoms with Gasteiger partial charge in [-0.2, -0.15) is 0 Å². The van der Waals surface area contributed by atoms with Gasteiger partial charge in [0.05, 0.1) is 17.1 Å². The number of nitrogens with one attached hydrogen (secondary N) is 1. The van der Waals surface area contributed by atoms with Gasteiger partial charge in [-0.1, -0.05) is 30.3 Å². The number of amides is 1. The molecule has 1 amide bonds. The second-order valence-corrected chi connectivity index (χ2v) is 7.71. The van der Waals surface area contributed by atoms with Gasteiger partial charge in [-0.05, 0) is 44.0 Å². The molecular weight excluding hydrogens is 404 g/mol. The van der Waals surface area contributed by atoms with E-state index in [4.69, 9.17) is 14.2 Å². The summed E-state index contributed by atoms with van der Waals surface area (Å²) in [5, 5.41) is 13.2. The number of rotatable bonds is 9. The topological polar surface area (TPSA) is 117 Å². The number of esters is 1. The van der Waals surface area contributed by atoms with Gasteiger partial charge in [-0.3, -0.25) is 10.1 Å². The smallest absolute Gasteiger partial charge is 0.408 e. The van der Waals surface area contributed by atoms with Gasteiger partial charge in [-0.25, -0.2) is 9.59 Å². The first-order valence-corrected chi connectivity index (χ1v) is 9.65. The van der Waals surface area contributed by atoms with Crippen LogP contribution in [0.4, 0.5) is 10.5 Å². The Hall–Kier alpha value is -3.46. The summed E-state index contributed by atoms with van der Waals surface area (Å²) in [7, 11) is 0. The predicted octanol–water partition coefficient (Wildman–Crippen LogP) is 3.75. The minimum absolute atomic E-state index is 0.0529. The van der Waals surface area contributed by atoms with Crippen LogP contribution < -0.4 is 5.32 Å². The van der Waals surface area contributed by atoms with E-state index in [1.807, 2.05) is 51.1 Å². The maximum Gasteiger partial charge on any atom is 0.408 e. The van der Waals surface area contributed by atoms with E-state index in [-0.39, 0.29) is 25.5 Å². The largest absolute Gasteiger partial charge is 0.459 e. The number of hydrogen-bond acceptors (Lipinski definition) is 7. The summed E-state index contributed by atoms with van der Waals surface area (Å²) in [6.45, 7) is 5.30. The fourth-order valence-corrected chi connectivity index (χ4v) is 2.38. The molecule has 0 radical (unpaired) electrons. The van der Waals surface area contributed by atoms with Crippen LogP contribution in [0.25, 0.3) is 0 Å². The fraction of sp³-hybridized carbons (Fsp3) is 0.364. The van der Waals surface area contributed by atoms with Gasteiger partial charge in [0.15, 0.2) is 6.04 Å². The molecule has 2 rings (SSSR count). The monoisotopic (exact) mass is 430 g/mol. The van der Waals surface area contributed by atoms with Crippen LogP contribution in [0.15, 0.2) is 54.6 Å². The highest BCUT2D eigenvalue weighted by Gasteiger charge is 2.26. The van der Waals surface area contributed by atoms with Crippen LogP contribution in [0.2, 0.25) is 0 Å². The highest BCUT2D eigenvalue weighted by molar-refractivity contribution is 5.81. The summed E-state index contributed by atoms with van der Waals surface area (Å²) >= 11 is 0. The first kappa shape index (κ1) is 23.8. The molecule has 166 valence electrons. The minimum Gasteiger partial charge on any atom is -0.459 e. The minimum atomic E-state index is -1.08. The number of benzene rings is 2. The van der Waals surface area contributed by atoms with Crippen molar-refractivity contribution in [2.45, 2.75) is 45.6 Å². The highest BCUT2D eigenvalue weighted by Crippen LogP contribution is 2.13. The van der Waals surface area contributed by atoms with Crippen molar-refractivity contribution in [2.24, 2.45) is 0 Å². The van der Waals surface area contributed by atoms with Gasteiger partial charge >= 0.3 is 12.1 Å². The van der Waals surface area contributed by atoms with Crippen LogP contribution in [0.3, 0.4) is 0 Å². The quantitative estimate of drug-likeness (QED) is 0.366. The van der Waals surface area contributed by atoms with Crippen LogP contribution in [0, 0.1) is 10.1 Å². The predicted molar refractivity (Wildman–Crippen MR) is 112 cm³/mol. The maximum atomic E-state index is 12.5. The molecule has 0 aliphatic carbocycles. The molecule has 9 nitrogen and oxygen atoms in total. The molecule has 0 aromatic heterocycles. The molecule has 1 N–H and O–H groups in total. The summed E-state index contributed by atoms with van der Waals surface area (Å²) in [5.74, 6) is -0.709. The lowest BCUT2D eigenvalue weighted by Gasteiger charge is -2.24. The van der Waals surface area contributed by atoms with Crippen molar-refractivity contribution in [3.8, 4) is 0 Å². The summed E-state index contributed by atoms with van der Waals surface area (Å²) in [6, 6.07) is 13.7. The van der Waals surface area contributed by atoms with Crippen molar-refractivity contribution in [2.75, 3.05) is 6.61 Å². The molecule has 0 fully saturated rings. The molecule has 2 aromatic carbocycles. The van der Waals surface area contributed by atoms with Crippen molar-refractivity contribution in [3.63, 3.8) is 0 Å². The van der Waals surface area contributed by atoms with Crippen molar-refractivity contribution < 1.29 is 28.7 Å². The Balaban J connectivity index is 1.94. The molecule has 0 heterocycles. The van der Waals surface area contributed by atoms with E-state index >= 15 is 0 Å². The third-order valence-electron chi connectivity index (χ3n) is 4.00. The van der Waals surface area contributed by atoms with Crippen molar-refractivity contribution in [1.29, 1.82) is 0 Å². The second-order valence-electron chi connectivity index (χ2n) is 7.71. The van der Waals surface area contributed by atoms with Gasteiger partial charge in [0.1, 0.15) is 13.2 Å². The lowest BCUT2D eigenvalue weighted by Crippen LogP contribution is -2.46. The lowest BCUT2D eigenvalue weighted by atomic mass is 10.2. The Bertz CT molecular complexity index is 877. The molecule has 0 aliphatic heterocycles. The number of carbonyl (C=O) groups is 2. The first-order chi connectivity index (χ1) is 14.6. The molecular formula is C22H26N2O7. The van der Waals surface area contributed by atoms with Crippen LogP contribution >= 0.6 is 0 Å². The molecule has 31 heavy (non-hydrogen) atoms. The summed E-state index contributed by atoms with van der Waals surface area (Å²) in [6.07, 6.45) is -0.779. The van der Waals surface area contributed by atoms with E-state index < -0.39 is 28.6 Å². The third kappa shape index (κ3) is 8.83. The third-order valence-corrected chi connectivity index (χ3v) is 4.00. The number of nitro groups is 1. The van der Waals surface area contributed by atoms with E-state index in [1.54, 1.807) is 0 Å². The molecule has 1 unspecified atom stereocenters. The zero-order valence-electron chi connectivity index (χ0n) is 17.7. The van der Waals surface area contributed by atoms with Gasteiger partial charge in [0, 0.05) is 12.1 Å². The van der Waals surface area contributed by atoms with E-state index in [0.717, 1.165) is 5.56 Å². The molecule has 0 saturated carbocycles. The summed E-state index contributed by atoms with van der Waals surface area (Å²) in [5.41, 5.74) is 0.781. The Labute approximate surface area is 180 Å². The average Bonchev–Trinajstić information content (AvgIpc) is 2.73. The summed E-state index contributed by atoms with van der Waals surface area (Å²) < 4.78 is 16.0. The Morgan fingerprint density at radius 1 is 0.968 bits per heavy atom. The standard InChI is InChI=1S/C22H26N2O7/c1-22(2,3)31-15-19(23-21(26)30-14-16-7-5-4-6-8-16)20(25)29-13-17-9-11-18(12-10-17)24(27)28/h4-12,19H,13-15H2,1-3H3,(H,23,26). The number of carbonyl (C=O) groups excluding carboxylic acids is 2. The van der Waals surface area contributed by atoms with Crippen molar-refractivity contribution in [3.05, 3.63) is 75.8 Å². The van der Waals surface area contributed by atoms with Gasteiger partial charge in [0.2, 0.25) is 0 Å². The number of non-ortho nitro benzene ring substituents is 1. The molecule has 0 saturated heterocycles. The summed E-state index contributed by atoms with van der Waals surface area (Å²) in [4.78, 5) is 34.9. The molecule has 1 atom stereocenters. The zero-order valence-corrected chi connectivity index (χ0v) is 17.7. The lowest BCUT2D eigenvalue weighted by molar-refractivity contribution is -0.384. The zero-order chi connectivity index (χ0) is 22.9. The number of hydrogen-bond donors (Lipinski definition) is 1. The van der Waals surface area contributed by atoms with Gasteiger partial charge in [-0.15, -0.1) is 0 Å². The van der Waals surface area contributed by atoms with Crippen LogP contribution in [0.1, 0.15) is 31.9 Å². The molecule has 9 heteroatoms. The van der Waals surface area contributed by atoms with Gasteiger partial charge in [0.25, 0.3) is 5.69 Å². The maximum absolute atomic E-state index is 12.5. The van der Waals surface area contributed by atoms with E-state index in [1.165, 1.54) is 24.3 Å².